The lowest BCUT2D eigenvalue weighted by atomic mass is 10.2. The van der Waals surface area contributed by atoms with Gasteiger partial charge in [-0.15, -0.1) is 0 Å². The van der Waals surface area contributed by atoms with Crippen LogP contribution in [0.25, 0.3) is 0 Å². The quantitative estimate of drug-likeness (QED) is 0.804. The van der Waals surface area contributed by atoms with Crippen LogP contribution in [0.3, 0.4) is 0 Å². The van der Waals surface area contributed by atoms with Gasteiger partial charge in [-0.25, -0.2) is 8.42 Å². The number of hydrogen-bond donors (Lipinski definition) is 0. The van der Waals surface area contributed by atoms with Gasteiger partial charge in [-0.05, 0) is 35.9 Å². The SMILES string of the molecule is CCS(=O)(=O)c1ccc(N(C)Cc2ccccc2Br)cc1. The highest BCUT2D eigenvalue weighted by Crippen LogP contribution is 2.22. The summed E-state index contributed by atoms with van der Waals surface area (Å²) >= 11 is 3.54. The van der Waals surface area contributed by atoms with E-state index in [4.69, 9.17) is 0 Å². The molecule has 0 aliphatic heterocycles. The van der Waals surface area contributed by atoms with Crippen molar-refractivity contribution < 1.29 is 8.42 Å². The summed E-state index contributed by atoms with van der Waals surface area (Å²) in [6.45, 7) is 2.41. The Hall–Kier alpha value is -1.33. The second-order valence-electron chi connectivity index (χ2n) is 4.84. The zero-order valence-electron chi connectivity index (χ0n) is 12.1. The minimum atomic E-state index is -3.13. The first kappa shape index (κ1) is 16.0. The molecule has 0 spiro atoms. The molecule has 21 heavy (non-hydrogen) atoms. The number of benzene rings is 2. The monoisotopic (exact) mass is 367 g/mol. The van der Waals surface area contributed by atoms with Crippen molar-refractivity contribution in [3.8, 4) is 0 Å². The standard InChI is InChI=1S/C16H18BrNO2S/c1-3-21(19,20)15-10-8-14(9-11-15)18(2)12-13-6-4-5-7-16(13)17/h4-11H,3,12H2,1-2H3. The van der Waals surface area contributed by atoms with Gasteiger partial charge >= 0.3 is 0 Å². The zero-order valence-corrected chi connectivity index (χ0v) is 14.5. The van der Waals surface area contributed by atoms with E-state index in [1.54, 1.807) is 19.1 Å². The fraction of sp³-hybridized carbons (Fsp3) is 0.250. The third-order valence-corrected chi connectivity index (χ3v) is 5.91. The predicted molar refractivity (Wildman–Crippen MR) is 90.4 cm³/mol. The largest absolute Gasteiger partial charge is 0.370 e. The summed E-state index contributed by atoms with van der Waals surface area (Å²) in [6, 6.07) is 15.1. The lowest BCUT2D eigenvalue weighted by Crippen LogP contribution is -2.16. The third kappa shape index (κ3) is 3.86. The Kier molecular flexibility index (Phi) is 5.06. The minimum absolute atomic E-state index is 0.124. The maximum Gasteiger partial charge on any atom is 0.178 e. The molecule has 0 bridgehead atoms. The van der Waals surface area contributed by atoms with E-state index in [0.717, 1.165) is 16.7 Å². The van der Waals surface area contributed by atoms with Crippen LogP contribution in [0.4, 0.5) is 5.69 Å². The Balaban J connectivity index is 2.17. The van der Waals surface area contributed by atoms with E-state index in [0.29, 0.717) is 4.90 Å². The molecule has 0 saturated heterocycles. The molecule has 0 radical (unpaired) electrons. The predicted octanol–water partition coefficient (Wildman–Crippen LogP) is 3.88. The Morgan fingerprint density at radius 2 is 1.67 bits per heavy atom. The molecule has 112 valence electrons. The van der Waals surface area contributed by atoms with Gasteiger partial charge in [-0.1, -0.05) is 41.1 Å². The first-order valence-electron chi connectivity index (χ1n) is 6.71. The van der Waals surface area contributed by atoms with Gasteiger partial charge in [0.25, 0.3) is 0 Å². The molecular weight excluding hydrogens is 350 g/mol. The molecule has 0 aliphatic carbocycles. The van der Waals surface area contributed by atoms with E-state index in [1.807, 2.05) is 37.4 Å². The molecule has 0 amide bonds. The molecule has 2 aromatic rings. The molecule has 0 atom stereocenters. The summed E-state index contributed by atoms with van der Waals surface area (Å²) in [6.07, 6.45) is 0. The zero-order chi connectivity index (χ0) is 15.5. The first-order valence-corrected chi connectivity index (χ1v) is 9.16. The third-order valence-electron chi connectivity index (χ3n) is 3.38. The highest BCUT2D eigenvalue weighted by atomic mass is 79.9. The molecule has 2 rings (SSSR count). The van der Waals surface area contributed by atoms with E-state index >= 15 is 0 Å². The molecule has 0 fully saturated rings. The first-order chi connectivity index (χ1) is 9.94. The van der Waals surface area contributed by atoms with Crippen LogP contribution in [0.15, 0.2) is 57.9 Å². The van der Waals surface area contributed by atoms with Gasteiger partial charge in [-0.3, -0.25) is 0 Å². The van der Waals surface area contributed by atoms with Gasteiger partial charge < -0.3 is 4.90 Å². The average molecular weight is 368 g/mol. The van der Waals surface area contributed by atoms with E-state index in [9.17, 15) is 8.42 Å². The van der Waals surface area contributed by atoms with Crippen LogP contribution in [0.5, 0.6) is 0 Å². The van der Waals surface area contributed by atoms with Crippen LogP contribution in [0.2, 0.25) is 0 Å². The summed E-state index contributed by atoms with van der Waals surface area (Å²) in [5.41, 5.74) is 2.17. The maximum atomic E-state index is 11.8. The number of halogens is 1. The van der Waals surface area contributed by atoms with Crippen LogP contribution in [0, 0.1) is 0 Å². The summed E-state index contributed by atoms with van der Waals surface area (Å²) in [7, 11) is -1.14. The van der Waals surface area contributed by atoms with Crippen LogP contribution < -0.4 is 4.90 Å². The van der Waals surface area contributed by atoms with Crippen LogP contribution in [0.1, 0.15) is 12.5 Å². The fourth-order valence-corrected chi connectivity index (χ4v) is 3.34. The van der Waals surface area contributed by atoms with Crippen molar-refractivity contribution in [2.45, 2.75) is 18.4 Å². The van der Waals surface area contributed by atoms with Crippen LogP contribution in [-0.2, 0) is 16.4 Å². The second kappa shape index (κ2) is 6.62. The normalized spacial score (nSPS) is 11.4. The van der Waals surface area contributed by atoms with E-state index in [1.165, 1.54) is 5.56 Å². The summed E-state index contributed by atoms with van der Waals surface area (Å²) < 4.78 is 24.7. The van der Waals surface area contributed by atoms with Gasteiger partial charge in [-0.2, -0.15) is 0 Å². The summed E-state index contributed by atoms with van der Waals surface area (Å²) in [4.78, 5) is 2.46. The number of hydrogen-bond acceptors (Lipinski definition) is 3. The number of anilines is 1. The topological polar surface area (TPSA) is 37.4 Å². The lowest BCUT2D eigenvalue weighted by molar-refractivity contribution is 0.597. The van der Waals surface area contributed by atoms with Crippen molar-refractivity contribution >= 4 is 31.5 Å². The van der Waals surface area contributed by atoms with Gasteiger partial charge in [0, 0.05) is 23.8 Å². The highest BCUT2D eigenvalue weighted by molar-refractivity contribution is 9.10. The number of rotatable bonds is 5. The molecule has 2 aromatic carbocycles. The Morgan fingerprint density at radius 3 is 2.24 bits per heavy atom. The Labute approximate surface area is 134 Å². The van der Waals surface area contributed by atoms with E-state index in [-0.39, 0.29) is 5.75 Å². The molecule has 0 heterocycles. The van der Waals surface area contributed by atoms with E-state index in [2.05, 4.69) is 26.9 Å². The molecular formula is C16H18BrNO2S. The van der Waals surface area contributed by atoms with Crippen LogP contribution >= 0.6 is 15.9 Å². The molecule has 0 N–H and O–H groups in total. The van der Waals surface area contributed by atoms with Crippen molar-refractivity contribution in [1.82, 2.24) is 0 Å². The molecule has 0 aliphatic rings. The van der Waals surface area contributed by atoms with Crippen molar-refractivity contribution in [3.63, 3.8) is 0 Å². The second-order valence-corrected chi connectivity index (χ2v) is 7.98. The van der Waals surface area contributed by atoms with Crippen molar-refractivity contribution in [2.24, 2.45) is 0 Å². The fourth-order valence-electron chi connectivity index (χ4n) is 2.05. The average Bonchev–Trinajstić information content (AvgIpc) is 2.49. The minimum Gasteiger partial charge on any atom is -0.370 e. The number of nitrogens with zero attached hydrogens (tertiary/aromatic N) is 1. The molecule has 5 heteroatoms. The lowest BCUT2D eigenvalue weighted by Gasteiger charge is -2.20. The Bertz CT molecular complexity index is 711. The van der Waals surface area contributed by atoms with Gasteiger partial charge in [0.2, 0.25) is 0 Å². The molecule has 0 unspecified atom stereocenters. The molecule has 0 saturated carbocycles. The molecule has 0 aromatic heterocycles. The smallest absolute Gasteiger partial charge is 0.178 e. The summed E-state index contributed by atoms with van der Waals surface area (Å²) in [5.74, 6) is 0.124. The van der Waals surface area contributed by atoms with Crippen molar-refractivity contribution in [2.75, 3.05) is 17.7 Å². The van der Waals surface area contributed by atoms with Crippen LogP contribution in [-0.4, -0.2) is 21.2 Å². The van der Waals surface area contributed by atoms with Gasteiger partial charge in [0.15, 0.2) is 9.84 Å². The van der Waals surface area contributed by atoms with Crippen molar-refractivity contribution in [3.05, 3.63) is 58.6 Å². The van der Waals surface area contributed by atoms with Gasteiger partial charge in [0.05, 0.1) is 10.6 Å². The summed E-state index contributed by atoms with van der Waals surface area (Å²) in [5, 5.41) is 0. The highest BCUT2D eigenvalue weighted by Gasteiger charge is 2.12. The van der Waals surface area contributed by atoms with Crippen molar-refractivity contribution in [1.29, 1.82) is 0 Å². The van der Waals surface area contributed by atoms with E-state index < -0.39 is 9.84 Å². The van der Waals surface area contributed by atoms with Gasteiger partial charge in [0.1, 0.15) is 0 Å². The Morgan fingerprint density at radius 1 is 1.05 bits per heavy atom. The maximum absolute atomic E-state index is 11.8. The number of sulfone groups is 1. The molecule has 3 nitrogen and oxygen atoms in total.